The summed E-state index contributed by atoms with van der Waals surface area (Å²) in [6.07, 6.45) is 5.50. The van der Waals surface area contributed by atoms with Crippen LogP contribution in [-0.4, -0.2) is 19.5 Å². The summed E-state index contributed by atoms with van der Waals surface area (Å²) >= 11 is 0. The lowest BCUT2D eigenvalue weighted by molar-refractivity contribution is 0.748. The van der Waals surface area contributed by atoms with E-state index in [1.165, 1.54) is 0 Å². The molecule has 0 spiro atoms. The van der Waals surface area contributed by atoms with Gasteiger partial charge >= 0.3 is 0 Å². The first-order valence-electron chi connectivity index (χ1n) is 8.12. The van der Waals surface area contributed by atoms with Crippen LogP contribution in [0.4, 0.5) is 17.3 Å². The maximum atomic E-state index is 12.1. The molecule has 0 unspecified atom stereocenters. The van der Waals surface area contributed by atoms with Crippen LogP contribution in [0.1, 0.15) is 6.92 Å². The second-order valence-electron chi connectivity index (χ2n) is 5.60. The number of hydrogen-bond acceptors (Lipinski definition) is 4. The largest absolute Gasteiger partial charge is 0.366 e. The first-order valence-corrected chi connectivity index (χ1v) is 8.12. The van der Waals surface area contributed by atoms with Crippen LogP contribution in [0.3, 0.4) is 0 Å². The molecule has 0 fully saturated rings. The molecule has 1 aromatic carbocycles. The Labute approximate surface area is 144 Å². The van der Waals surface area contributed by atoms with E-state index in [0.717, 1.165) is 16.8 Å². The van der Waals surface area contributed by atoms with Crippen molar-refractivity contribution >= 4 is 28.4 Å². The van der Waals surface area contributed by atoms with Crippen molar-refractivity contribution in [3.63, 3.8) is 0 Å². The van der Waals surface area contributed by atoms with Crippen molar-refractivity contribution in [1.29, 1.82) is 0 Å². The van der Waals surface area contributed by atoms with Gasteiger partial charge in [0.25, 0.3) is 5.56 Å². The number of aryl methyl sites for hydroxylation is 1. The van der Waals surface area contributed by atoms with E-state index in [2.05, 4.69) is 9.97 Å². The standard InChI is InChI=1S/C19H17N5O/c1-2-23-17(25)9-8-14-12-21-19(22-18(14)23)24(16-10-11-20-13-16)15-6-4-3-5-7-15/h3-13,20H,2H2,1H3. The molecule has 0 amide bonds. The number of nitrogens with zero attached hydrogens (tertiary/aromatic N) is 4. The minimum Gasteiger partial charge on any atom is -0.366 e. The van der Waals surface area contributed by atoms with Crippen LogP contribution in [0.5, 0.6) is 0 Å². The van der Waals surface area contributed by atoms with E-state index < -0.39 is 0 Å². The van der Waals surface area contributed by atoms with Crippen LogP contribution in [0.15, 0.2) is 71.9 Å². The molecular weight excluding hydrogens is 314 g/mol. The van der Waals surface area contributed by atoms with Gasteiger partial charge in [0, 0.05) is 42.3 Å². The maximum Gasteiger partial charge on any atom is 0.252 e. The van der Waals surface area contributed by atoms with Crippen molar-refractivity contribution in [1.82, 2.24) is 19.5 Å². The topological polar surface area (TPSA) is 66.8 Å². The van der Waals surface area contributed by atoms with Crippen LogP contribution >= 0.6 is 0 Å². The molecule has 25 heavy (non-hydrogen) atoms. The SMILES string of the molecule is CCn1c(=O)ccc2cnc(N(c3ccccc3)c3cc[nH]c3)nc21. The van der Waals surface area contributed by atoms with Crippen molar-refractivity contribution in [3.05, 3.63) is 77.5 Å². The zero-order chi connectivity index (χ0) is 17.2. The Hall–Kier alpha value is -3.41. The van der Waals surface area contributed by atoms with Crippen molar-refractivity contribution in [2.75, 3.05) is 4.90 Å². The van der Waals surface area contributed by atoms with Crippen LogP contribution in [0.25, 0.3) is 11.0 Å². The number of benzene rings is 1. The zero-order valence-electron chi connectivity index (χ0n) is 13.8. The molecule has 6 heteroatoms. The van der Waals surface area contributed by atoms with Gasteiger partial charge < -0.3 is 4.98 Å². The van der Waals surface area contributed by atoms with Crippen LogP contribution in [0.2, 0.25) is 0 Å². The van der Waals surface area contributed by atoms with E-state index >= 15 is 0 Å². The summed E-state index contributed by atoms with van der Waals surface area (Å²) in [5.74, 6) is 0.520. The summed E-state index contributed by atoms with van der Waals surface area (Å²) in [5, 5.41) is 0.840. The Morgan fingerprint density at radius 1 is 1.08 bits per heavy atom. The molecule has 3 heterocycles. The number of fused-ring (bicyclic) bond motifs is 1. The molecular formula is C19H17N5O. The average Bonchev–Trinajstić information content (AvgIpc) is 3.17. The number of pyridine rings is 1. The van der Waals surface area contributed by atoms with Gasteiger partial charge in [0.15, 0.2) is 0 Å². The summed E-state index contributed by atoms with van der Waals surface area (Å²) in [6, 6.07) is 15.2. The van der Waals surface area contributed by atoms with Crippen molar-refractivity contribution in [3.8, 4) is 0 Å². The van der Waals surface area contributed by atoms with Crippen LogP contribution in [0, 0.1) is 0 Å². The molecule has 0 aliphatic heterocycles. The molecule has 6 nitrogen and oxygen atoms in total. The summed E-state index contributed by atoms with van der Waals surface area (Å²) in [7, 11) is 0. The Morgan fingerprint density at radius 3 is 2.64 bits per heavy atom. The lowest BCUT2D eigenvalue weighted by Gasteiger charge is -2.22. The fourth-order valence-corrected chi connectivity index (χ4v) is 2.89. The normalized spacial score (nSPS) is 10.9. The number of rotatable bonds is 4. The highest BCUT2D eigenvalue weighted by atomic mass is 16.1. The van der Waals surface area contributed by atoms with E-state index in [9.17, 15) is 4.79 Å². The number of para-hydroxylation sites is 1. The Balaban J connectivity index is 1.95. The van der Waals surface area contributed by atoms with Gasteiger partial charge in [-0.2, -0.15) is 4.98 Å². The van der Waals surface area contributed by atoms with Gasteiger partial charge in [-0.3, -0.25) is 14.3 Å². The summed E-state index contributed by atoms with van der Waals surface area (Å²) < 4.78 is 1.65. The molecule has 4 aromatic rings. The predicted molar refractivity (Wildman–Crippen MR) is 98.5 cm³/mol. The van der Waals surface area contributed by atoms with E-state index in [4.69, 9.17) is 4.98 Å². The maximum absolute atomic E-state index is 12.1. The van der Waals surface area contributed by atoms with Crippen molar-refractivity contribution in [2.45, 2.75) is 13.5 Å². The van der Waals surface area contributed by atoms with Gasteiger partial charge in [0.2, 0.25) is 5.95 Å². The van der Waals surface area contributed by atoms with Crippen molar-refractivity contribution in [2.24, 2.45) is 0 Å². The number of nitrogens with one attached hydrogen (secondary N) is 1. The molecule has 124 valence electrons. The fraction of sp³-hybridized carbons (Fsp3) is 0.105. The molecule has 0 saturated carbocycles. The molecule has 4 rings (SSSR count). The van der Waals surface area contributed by atoms with Gasteiger partial charge in [-0.15, -0.1) is 0 Å². The third-order valence-corrected chi connectivity index (χ3v) is 4.08. The van der Waals surface area contributed by atoms with E-state index in [1.54, 1.807) is 22.9 Å². The fourth-order valence-electron chi connectivity index (χ4n) is 2.89. The minimum atomic E-state index is -0.0624. The molecule has 0 aliphatic rings. The smallest absolute Gasteiger partial charge is 0.252 e. The van der Waals surface area contributed by atoms with Crippen molar-refractivity contribution < 1.29 is 0 Å². The number of aromatic amines is 1. The molecule has 0 saturated heterocycles. The zero-order valence-corrected chi connectivity index (χ0v) is 13.8. The number of aromatic nitrogens is 4. The first kappa shape index (κ1) is 15.1. The van der Waals surface area contributed by atoms with E-state index in [0.29, 0.717) is 18.1 Å². The third-order valence-electron chi connectivity index (χ3n) is 4.08. The highest BCUT2D eigenvalue weighted by Crippen LogP contribution is 2.31. The van der Waals surface area contributed by atoms with E-state index in [-0.39, 0.29) is 5.56 Å². The molecule has 0 aliphatic carbocycles. The lowest BCUT2D eigenvalue weighted by atomic mass is 10.2. The molecule has 0 bridgehead atoms. The molecule has 1 N–H and O–H groups in total. The van der Waals surface area contributed by atoms with Gasteiger partial charge in [0.1, 0.15) is 5.65 Å². The Bertz CT molecular complexity index is 1050. The summed E-state index contributed by atoms with van der Waals surface area (Å²) in [5.41, 5.74) is 2.44. The summed E-state index contributed by atoms with van der Waals surface area (Å²) in [6.45, 7) is 2.49. The Morgan fingerprint density at radius 2 is 1.92 bits per heavy atom. The van der Waals surface area contributed by atoms with Gasteiger partial charge in [-0.25, -0.2) is 4.98 Å². The van der Waals surface area contributed by atoms with Crippen LogP contribution < -0.4 is 10.5 Å². The second-order valence-corrected chi connectivity index (χ2v) is 5.60. The van der Waals surface area contributed by atoms with Gasteiger partial charge in [-0.1, -0.05) is 18.2 Å². The summed E-state index contributed by atoms with van der Waals surface area (Å²) in [4.78, 5) is 26.4. The highest BCUT2D eigenvalue weighted by molar-refractivity contribution is 5.78. The van der Waals surface area contributed by atoms with E-state index in [1.807, 2.05) is 60.6 Å². The Kier molecular flexibility index (Phi) is 3.78. The number of hydrogen-bond donors (Lipinski definition) is 1. The van der Waals surface area contributed by atoms with Crippen LogP contribution in [-0.2, 0) is 6.54 Å². The molecule has 0 radical (unpaired) electrons. The third kappa shape index (κ3) is 2.67. The quantitative estimate of drug-likeness (QED) is 0.620. The second kappa shape index (κ2) is 6.24. The van der Waals surface area contributed by atoms with Gasteiger partial charge in [-0.05, 0) is 31.2 Å². The lowest BCUT2D eigenvalue weighted by Crippen LogP contribution is -2.20. The molecule has 3 aromatic heterocycles. The first-order chi connectivity index (χ1) is 12.3. The average molecular weight is 331 g/mol. The predicted octanol–water partition coefficient (Wildman–Crippen LogP) is 3.61. The monoisotopic (exact) mass is 331 g/mol. The van der Waals surface area contributed by atoms with Gasteiger partial charge in [0.05, 0.1) is 5.69 Å². The number of H-pyrrole nitrogens is 1. The molecule has 0 atom stereocenters. The number of anilines is 3. The minimum absolute atomic E-state index is 0.0624. The highest BCUT2D eigenvalue weighted by Gasteiger charge is 2.16.